The molecule has 2 amide bonds. The number of carbonyl (C=O) groups excluding carboxylic acids is 2. The van der Waals surface area contributed by atoms with Crippen LogP contribution in [0.5, 0.6) is 0 Å². The smallest absolute Gasteiger partial charge is 0.237 e. The minimum Gasteiger partial charge on any atom is -0.355 e. The SMILES string of the molecule is CCCCNC(=O)C(C)(C)C(=O)N1CCN(c2ccccn2)CC1. The Morgan fingerprint density at radius 3 is 2.50 bits per heavy atom. The van der Waals surface area contributed by atoms with Crippen molar-refractivity contribution in [3.8, 4) is 0 Å². The zero-order valence-electron chi connectivity index (χ0n) is 14.9. The molecule has 0 radical (unpaired) electrons. The quantitative estimate of drug-likeness (QED) is 0.636. The highest BCUT2D eigenvalue weighted by Gasteiger charge is 2.39. The lowest BCUT2D eigenvalue weighted by molar-refractivity contribution is -0.148. The molecule has 0 spiro atoms. The summed E-state index contributed by atoms with van der Waals surface area (Å²) >= 11 is 0. The van der Waals surface area contributed by atoms with Gasteiger partial charge in [0.25, 0.3) is 0 Å². The molecule has 132 valence electrons. The molecule has 1 fully saturated rings. The molecule has 1 saturated heterocycles. The molecular formula is C18H28N4O2. The average molecular weight is 332 g/mol. The number of anilines is 1. The Kier molecular flexibility index (Phi) is 6.17. The zero-order chi connectivity index (χ0) is 17.6. The molecule has 6 nitrogen and oxygen atoms in total. The molecular weight excluding hydrogens is 304 g/mol. The third kappa shape index (κ3) is 4.24. The maximum Gasteiger partial charge on any atom is 0.237 e. The van der Waals surface area contributed by atoms with E-state index in [4.69, 9.17) is 0 Å². The number of hydrogen-bond acceptors (Lipinski definition) is 4. The molecule has 0 unspecified atom stereocenters. The fourth-order valence-electron chi connectivity index (χ4n) is 2.77. The van der Waals surface area contributed by atoms with E-state index in [2.05, 4.69) is 22.1 Å². The number of piperazine rings is 1. The maximum absolute atomic E-state index is 12.8. The summed E-state index contributed by atoms with van der Waals surface area (Å²) in [5.41, 5.74) is -1.03. The molecule has 0 aliphatic carbocycles. The van der Waals surface area contributed by atoms with Crippen molar-refractivity contribution in [3.05, 3.63) is 24.4 Å². The number of carbonyl (C=O) groups is 2. The van der Waals surface area contributed by atoms with Crippen molar-refractivity contribution in [2.24, 2.45) is 5.41 Å². The van der Waals surface area contributed by atoms with Gasteiger partial charge in [-0.25, -0.2) is 4.98 Å². The van der Waals surface area contributed by atoms with E-state index in [1.165, 1.54) is 0 Å². The molecule has 2 heterocycles. The minimum atomic E-state index is -1.03. The van der Waals surface area contributed by atoms with Crippen LogP contribution in [0.25, 0.3) is 0 Å². The number of hydrogen-bond donors (Lipinski definition) is 1. The maximum atomic E-state index is 12.8. The van der Waals surface area contributed by atoms with Crippen molar-refractivity contribution >= 4 is 17.6 Å². The first-order chi connectivity index (χ1) is 11.5. The van der Waals surface area contributed by atoms with Crippen LogP contribution in [-0.2, 0) is 9.59 Å². The second-order valence-corrected chi connectivity index (χ2v) is 6.70. The van der Waals surface area contributed by atoms with Crippen LogP contribution in [0.15, 0.2) is 24.4 Å². The number of pyridine rings is 1. The molecule has 2 rings (SSSR count). The van der Waals surface area contributed by atoms with Gasteiger partial charge in [-0.05, 0) is 32.4 Å². The van der Waals surface area contributed by atoms with Crippen molar-refractivity contribution in [2.75, 3.05) is 37.6 Å². The largest absolute Gasteiger partial charge is 0.355 e. The van der Waals surface area contributed by atoms with Crippen LogP contribution in [0.2, 0.25) is 0 Å². The summed E-state index contributed by atoms with van der Waals surface area (Å²) in [7, 11) is 0. The Morgan fingerprint density at radius 2 is 1.92 bits per heavy atom. The van der Waals surface area contributed by atoms with Gasteiger partial charge < -0.3 is 15.1 Å². The van der Waals surface area contributed by atoms with Crippen LogP contribution in [-0.4, -0.2) is 54.4 Å². The van der Waals surface area contributed by atoms with Crippen molar-refractivity contribution in [2.45, 2.75) is 33.6 Å². The van der Waals surface area contributed by atoms with E-state index in [1.807, 2.05) is 18.2 Å². The Labute approximate surface area is 144 Å². The van der Waals surface area contributed by atoms with Gasteiger partial charge in [0.05, 0.1) is 0 Å². The molecule has 1 aromatic heterocycles. The molecule has 6 heteroatoms. The van der Waals surface area contributed by atoms with E-state index in [0.29, 0.717) is 19.6 Å². The summed E-state index contributed by atoms with van der Waals surface area (Å²) in [6, 6.07) is 5.83. The molecule has 0 aromatic carbocycles. The molecule has 1 aliphatic heterocycles. The summed E-state index contributed by atoms with van der Waals surface area (Å²) in [4.78, 5) is 33.4. The van der Waals surface area contributed by atoms with Gasteiger partial charge in [0.2, 0.25) is 11.8 Å². The van der Waals surface area contributed by atoms with Crippen LogP contribution in [0, 0.1) is 5.41 Å². The molecule has 0 atom stereocenters. The van der Waals surface area contributed by atoms with Crippen molar-refractivity contribution in [1.82, 2.24) is 15.2 Å². The van der Waals surface area contributed by atoms with E-state index >= 15 is 0 Å². The Bertz CT molecular complexity index is 551. The summed E-state index contributed by atoms with van der Waals surface area (Å²) in [6.07, 6.45) is 3.72. The predicted molar refractivity (Wildman–Crippen MR) is 94.7 cm³/mol. The van der Waals surface area contributed by atoms with Crippen molar-refractivity contribution < 1.29 is 9.59 Å². The van der Waals surface area contributed by atoms with Gasteiger partial charge in [0.1, 0.15) is 11.2 Å². The fourth-order valence-corrected chi connectivity index (χ4v) is 2.77. The number of unbranched alkanes of at least 4 members (excludes halogenated alkanes) is 1. The molecule has 24 heavy (non-hydrogen) atoms. The van der Waals surface area contributed by atoms with Gasteiger partial charge in [-0.3, -0.25) is 9.59 Å². The van der Waals surface area contributed by atoms with Gasteiger partial charge >= 0.3 is 0 Å². The monoisotopic (exact) mass is 332 g/mol. The molecule has 1 aliphatic rings. The van der Waals surface area contributed by atoms with Crippen molar-refractivity contribution in [1.29, 1.82) is 0 Å². The Morgan fingerprint density at radius 1 is 1.21 bits per heavy atom. The van der Waals surface area contributed by atoms with Gasteiger partial charge in [0.15, 0.2) is 0 Å². The lowest BCUT2D eigenvalue weighted by Gasteiger charge is -2.38. The standard InChI is InChI=1S/C18H28N4O2/c1-4-5-9-20-16(23)18(2,3)17(24)22-13-11-21(12-14-22)15-8-6-7-10-19-15/h6-8,10H,4-5,9,11-14H2,1-3H3,(H,20,23). The van der Waals surface area contributed by atoms with Crippen LogP contribution in [0.1, 0.15) is 33.6 Å². The van der Waals surface area contributed by atoms with Crippen molar-refractivity contribution in [3.63, 3.8) is 0 Å². The molecule has 0 saturated carbocycles. The summed E-state index contributed by atoms with van der Waals surface area (Å²) in [6.45, 7) is 8.81. The van der Waals surface area contributed by atoms with Gasteiger partial charge in [-0.15, -0.1) is 0 Å². The topological polar surface area (TPSA) is 65.5 Å². The number of nitrogens with zero attached hydrogens (tertiary/aromatic N) is 3. The first kappa shape index (κ1) is 18.2. The number of nitrogens with one attached hydrogen (secondary N) is 1. The van der Waals surface area contributed by atoms with E-state index in [9.17, 15) is 9.59 Å². The first-order valence-electron chi connectivity index (χ1n) is 8.70. The van der Waals surface area contributed by atoms with Gasteiger partial charge in [-0.2, -0.15) is 0 Å². The summed E-state index contributed by atoms with van der Waals surface area (Å²) in [5, 5.41) is 2.87. The molecule has 0 bridgehead atoms. The highest BCUT2D eigenvalue weighted by Crippen LogP contribution is 2.21. The third-order valence-electron chi connectivity index (χ3n) is 4.46. The predicted octanol–water partition coefficient (Wildman–Crippen LogP) is 1.67. The number of amides is 2. The van der Waals surface area contributed by atoms with E-state index in [-0.39, 0.29) is 11.8 Å². The van der Waals surface area contributed by atoms with E-state index in [1.54, 1.807) is 24.9 Å². The lowest BCUT2D eigenvalue weighted by Crippen LogP contribution is -2.55. The minimum absolute atomic E-state index is 0.0998. The molecule has 1 aromatic rings. The van der Waals surface area contributed by atoms with Gasteiger partial charge in [0, 0.05) is 38.9 Å². The number of rotatable bonds is 6. The second-order valence-electron chi connectivity index (χ2n) is 6.70. The highest BCUT2D eigenvalue weighted by atomic mass is 16.2. The Hall–Kier alpha value is -2.11. The Balaban J connectivity index is 1.90. The van der Waals surface area contributed by atoms with Gasteiger partial charge in [-0.1, -0.05) is 19.4 Å². The lowest BCUT2D eigenvalue weighted by atomic mass is 9.90. The van der Waals surface area contributed by atoms with E-state index in [0.717, 1.165) is 31.7 Å². The fraction of sp³-hybridized carbons (Fsp3) is 0.611. The van der Waals surface area contributed by atoms with Crippen LogP contribution < -0.4 is 10.2 Å². The average Bonchev–Trinajstić information content (AvgIpc) is 2.62. The van der Waals surface area contributed by atoms with E-state index < -0.39 is 5.41 Å². The van der Waals surface area contributed by atoms with Crippen LogP contribution >= 0.6 is 0 Å². The van der Waals surface area contributed by atoms with Crippen LogP contribution in [0.3, 0.4) is 0 Å². The highest BCUT2D eigenvalue weighted by molar-refractivity contribution is 6.04. The third-order valence-corrected chi connectivity index (χ3v) is 4.46. The second kappa shape index (κ2) is 8.13. The number of aromatic nitrogens is 1. The molecule has 1 N–H and O–H groups in total. The first-order valence-corrected chi connectivity index (χ1v) is 8.70. The summed E-state index contributed by atoms with van der Waals surface area (Å²) in [5.74, 6) is 0.645. The summed E-state index contributed by atoms with van der Waals surface area (Å²) < 4.78 is 0. The van der Waals surface area contributed by atoms with Crippen LogP contribution in [0.4, 0.5) is 5.82 Å². The zero-order valence-corrected chi connectivity index (χ0v) is 14.9. The normalized spacial score (nSPS) is 15.3.